The minimum Gasteiger partial charge on any atom is -0.340 e. The number of carbonyl (C=O) groups is 1. The minimum absolute atomic E-state index is 0.0302. The van der Waals surface area contributed by atoms with Gasteiger partial charge in [-0.3, -0.25) is 4.98 Å². The molecule has 0 atom stereocenters. The monoisotopic (exact) mass is 441 g/mol. The van der Waals surface area contributed by atoms with Crippen LogP contribution in [0, 0.1) is 0 Å². The molecule has 8 nitrogen and oxygen atoms in total. The van der Waals surface area contributed by atoms with Crippen molar-refractivity contribution < 1.29 is 4.79 Å². The first-order valence-electron chi connectivity index (χ1n) is 11.1. The number of aromatic nitrogens is 4. The largest absolute Gasteiger partial charge is 0.340 e. The summed E-state index contributed by atoms with van der Waals surface area (Å²) >= 11 is 0. The number of amides is 2. The highest BCUT2D eigenvalue weighted by Crippen LogP contribution is 2.29. The summed E-state index contributed by atoms with van der Waals surface area (Å²) in [4.78, 5) is 31.0. The molecule has 2 amide bonds. The van der Waals surface area contributed by atoms with Crippen molar-refractivity contribution in [1.29, 1.82) is 0 Å². The number of urea groups is 1. The Morgan fingerprint density at radius 1 is 1.12 bits per heavy atom. The van der Waals surface area contributed by atoms with Gasteiger partial charge in [0.05, 0.1) is 10.9 Å². The van der Waals surface area contributed by atoms with E-state index in [2.05, 4.69) is 48.8 Å². The number of pyridine rings is 1. The van der Waals surface area contributed by atoms with Crippen LogP contribution in [0.5, 0.6) is 0 Å². The van der Waals surface area contributed by atoms with Crippen molar-refractivity contribution in [2.45, 2.75) is 32.7 Å². The number of benzene rings is 1. The molecular formula is C25H27N7O. The highest BCUT2D eigenvalue weighted by atomic mass is 16.2. The van der Waals surface area contributed by atoms with E-state index in [9.17, 15) is 4.79 Å². The van der Waals surface area contributed by atoms with Gasteiger partial charge in [-0.2, -0.15) is 0 Å². The molecule has 0 fully saturated rings. The van der Waals surface area contributed by atoms with Crippen LogP contribution in [0.2, 0.25) is 0 Å². The molecule has 168 valence electrons. The van der Waals surface area contributed by atoms with E-state index in [-0.39, 0.29) is 11.6 Å². The van der Waals surface area contributed by atoms with Gasteiger partial charge in [0.1, 0.15) is 17.8 Å². The maximum atomic E-state index is 12.4. The summed E-state index contributed by atoms with van der Waals surface area (Å²) < 4.78 is 0. The van der Waals surface area contributed by atoms with E-state index in [1.165, 1.54) is 5.57 Å². The summed E-state index contributed by atoms with van der Waals surface area (Å²) in [5.74, 6) is 0.744. The van der Waals surface area contributed by atoms with Crippen LogP contribution in [-0.2, 0) is 0 Å². The number of anilines is 2. The molecule has 1 aromatic carbocycles. The number of fused-ring (bicyclic) bond motifs is 2. The van der Waals surface area contributed by atoms with Gasteiger partial charge >= 0.3 is 6.03 Å². The maximum Gasteiger partial charge on any atom is 0.318 e. The van der Waals surface area contributed by atoms with Gasteiger partial charge in [-0.25, -0.2) is 14.8 Å². The Morgan fingerprint density at radius 3 is 2.79 bits per heavy atom. The van der Waals surface area contributed by atoms with Crippen LogP contribution >= 0.6 is 0 Å². The number of hydrogen-bond donors (Lipinski definition) is 3. The Labute approximate surface area is 192 Å². The van der Waals surface area contributed by atoms with Crippen molar-refractivity contribution in [3.8, 4) is 0 Å². The second-order valence-corrected chi connectivity index (χ2v) is 9.31. The molecule has 1 aliphatic heterocycles. The van der Waals surface area contributed by atoms with E-state index in [1.54, 1.807) is 12.5 Å². The number of rotatable bonds is 3. The molecule has 0 spiro atoms. The molecular weight excluding hydrogens is 414 g/mol. The van der Waals surface area contributed by atoms with Crippen molar-refractivity contribution in [3.05, 3.63) is 60.7 Å². The van der Waals surface area contributed by atoms with Crippen molar-refractivity contribution in [1.82, 2.24) is 30.2 Å². The predicted molar refractivity (Wildman–Crippen MR) is 131 cm³/mol. The molecule has 1 aliphatic rings. The normalized spacial score (nSPS) is 14.4. The van der Waals surface area contributed by atoms with Crippen molar-refractivity contribution in [2.24, 2.45) is 0 Å². The molecule has 0 aliphatic carbocycles. The SMILES string of the molecule is CC(C)(C)NC(=O)N1CC=C(c2cc3c(Nc4ccc5ncccc5c4)ncnc3[nH]2)CC1. The van der Waals surface area contributed by atoms with Gasteiger partial charge in [0.2, 0.25) is 0 Å². The number of H-pyrrole nitrogens is 1. The lowest BCUT2D eigenvalue weighted by molar-refractivity contribution is 0.193. The standard InChI is InChI=1S/C25H27N7O/c1-25(2,3)31-24(33)32-11-8-16(9-12-32)21-14-19-22(27-15-28-23(19)30-21)29-18-6-7-20-17(13-18)5-4-10-26-20/h4-8,10,13-15H,9,11-12H2,1-3H3,(H,31,33)(H2,27,28,29,30). The van der Waals surface area contributed by atoms with Crippen LogP contribution < -0.4 is 10.6 Å². The number of aromatic amines is 1. The van der Waals surface area contributed by atoms with E-state index >= 15 is 0 Å². The summed E-state index contributed by atoms with van der Waals surface area (Å²) in [7, 11) is 0. The van der Waals surface area contributed by atoms with Crippen LogP contribution in [-0.4, -0.2) is 49.5 Å². The Bertz CT molecular complexity index is 1370. The van der Waals surface area contributed by atoms with Gasteiger partial charge in [-0.05, 0) is 63.1 Å². The molecule has 33 heavy (non-hydrogen) atoms. The van der Waals surface area contributed by atoms with Crippen molar-refractivity contribution in [3.63, 3.8) is 0 Å². The fraction of sp³-hybridized carbons (Fsp3) is 0.280. The first-order valence-corrected chi connectivity index (χ1v) is 11.1. The molecule has 8 heteroatoms. The fourth-order valence-corrected chi connectivity index (χ4v) is 4.00. The molecule has 0 saturated carbocycles. The topological polar surface area (TPSA) is 98.8 Å². The van der Waals surface area contributed by atoms with Gasteiger partial charge in [0.15, 0.2) is 0 Å². The molecule has 0 radical (unpaired) electrons. The molecule has 0 saturated heterocycles. The zero-order valence-electron chi connectivity index (χ0n) is 19.0. The lowest BCUT2D eigenvalue weighted by atomic mass is 10.0. The molecule has 5 rings (SSSR count). The van der Waals surface area contributed by atoms with Gasteiger partial charge in [0.25, 0.3) is 0 Å². The number of carbonyl (C=O) groups excluding carboxylic acids is 1. The van der Waals surface area contributed by atoms with Crippen molar-refractivity contribution in [2.75, 3.05) is 18.4 Å². The molecule has 4 aromatic rings. The molecule has 3 aromatic heterocycles. The molecule has 0 bridgehead atoms. The first kappa shape index (κ1) is 20.9. The van der Waals surface area contributed by atoms with Crippen LogP contribution in [0.1, 0.15) is 32.9 Å². The zero-order chi connectivity index (χ0) is 23.0. The Hall–Kier alpha value is -3.94. The van der Waals surface area contributed by atoms with Crippen LogP contribution in [0.25, 0.3) is 27.5 Å². The average molecular weight is 442 g/mol. The van der Waals surface area contributed by atoms with Gasteiger partial charge in [-0.1, -0.05) is 12.1 Å². The van der Waals surface area contributed by atoms with E-state index in [0.29, 0.717) is 13.1 Å². The Balaban J connectivity index is 1.37. The lowest BCUT2D eigenvalue weighted by Crippen LogP contribution is -2.49. The Morgan fingerprint density at radius 2 is 2.00 bits per heavy atom. The molecule has 0 unspecified atom stereocenters. The predicted octanol–water partition coefficient (Wildman–Crippen LogP) is 4.85. The summed E-state index contributed by atoms with van der Waals surface area (Å²) in [6, 6.07) is 12.1. The van der Waals surface area contributed by atoms with Gasteiger partial charge in [0, 0.05) is 41.6 Å². The molecule has 4 heterocycles. The third-order valence-electron chi connectivity index (χ3n) is 5.62. The number of nitrogens with zero attached hydrogens (tertiary/aromatic N) is 4. The highest BCUT2D eigenvalue weighted by molar-refractivity contribution is 5.93. The summed E-state index contributed by atoms with van der Waals surface area (Å²) in [5, 5.41) is 8.43. The third kappa shape index (κ3) is 4.50. The maximum absolute atomic E-state index is 12.4. The number of hydrogen-bond acceptors (Lipinski definition) is 5. The second kappa shape index (κ2) is 8.20. The quantitative estimate of drug-likeness (QED) is 0.422. The summed E-state index contributed by atoms with van der Waals surface area (Å²) in [6.45, 7) is 7.21. The van der Waals surface area contributed by atoms with E-state index in [4.69, 9.17) is 0 Å². The summed E-state index contributed by atoms with van der Waals surface area (Å²) in [6.07, 6.45) is 6.23. The number of nitrogens with one attached hydrogen (secondary N) is 3. The van der Waals surface area contributed by atoms with Gasteiger partial charge < -0.3 is 20.5 Å². The smallest absolute Gasteiger partial charge is 0.318 e. The first-order chi connectivity index (χ1) is 15.9. The minimum atomic E-state index is -0.248. The zero-order valence-corrected chi connectivity index (χ0v) is 19.0. The summed E-state index contributed by atoms with van der Waals surface area (Å²) in [5.41, 5.74) is 4.60. The third-order valence-corrected chi connectivity index (χ3v) is 5.62. The van der Waals surface area contributed by atoms with Crippen LogP contribution in [0.4, 0.5) is 16.3 Å². The van der Waals surface area contributed by atoms with Crippen LogP contribution in [0.15, 0.2) is 55.0 Å². The highest BCUT2D eigenvalue weighted by Gasteiger charge is 2.22. The molecule has 3 N–H and O–H groups in total. The Kier molecular flexibility index (Phi) is 5.20. The van der Waals surface area contributed by atoms with Crippen molar-refractivity contribution >= 4 is 45.0 Å². The van der Waals surface area contributed by atoms with Gasteiger partial charge in [-0.15, -0.1) is 0 Å². The van der Waals surface area contributed by atoms with E-state index in [0.717, 1.165) is 45.6 Å². The van der Waals surface area contributed by atoms with Crippen LogP contribution in [0.3, 0.4) is 0 Å². The second-order valence-electron chi connectivity index (χ2n) is 9.31. The van der Waals surface area contributed by atoms with E-state index < -0.39 is 0 Å². The van der Waals surface area contributed by atoms with E-state index in [1.807, 2.05) is 49.9 Å². The average Bonchev–Trinajstić information content (AvgIpc) is 3.23. The lowest BCUT2D eigenvalue weighted by Gasteiger charge is -2.30. The fourth-order valence-electron chi connectivity index (χ4n) is 4.00.